The highest BCUT2D eigenvalue weighted by atomic mass is 16.7. The molecule has 0 bridgehead atoms. The third-order valence-corrected chi connectivity index (χ3v) is 4.85. The molecule has 1 aliphatic rings. The van der Waals surface area contributed by atoms with Crippen molar-refractivity contribution in [2.24, 2.45) is 0 Å². The number of aryl methyl sites for hydroxylation is 2. The lowest BCUT2D eigenvalue weighted by Gasteiger charge is -2.13. The number of nitrogens with one attached hydrogen (secondary N) is 2. The van der Waals surface area contributed by atoms with Crippen LogP contribution in [0.2, 0.25) is 0 Å². The van der Waals surface area contributed by atoms with Crippen molar-refractivity contribution in [3.8, 4) is 17.2 Å². The van der Waals surface area contributed by atoms with Crippen LogP contribution >= 0.6 is 0 Å². The average molecular weight is 419 g/mol. The second kappa shape index (κ2) is 8.35. The van der Waals surface area contributed by atoms with Gasteiger partial charge in [-0.15, -0.1) is 0 Å². The number of carbonyl (C=O) groups excluding carboxylic acids is 2. The van der Waals surface area contributed by atoms with Gasteiger partial charge in [0.05, 0.1) is 18.9 Å². The summed E-state index contributed by atoms with van der Waals surface area (Å²) in [4.78, 5) is 29.7. The van der Waals surface area contributed by atoms with E-state index in [-0.39, 0.29) is 18.6 Å². The number of nitrogens with zero attached hydrogens (tertiary/aromatic N) is 1. The van der Waals surface area contributed by atoms with E-state index in [9.17, 15) is 9.59 Å². The molecule has 4 rings (SSSR count). The maximum Gasteiger partial charge on any atom is 0.259 e. The predicted molar refractivity (Wildman–Crippen MR) is 115 cm³/mol. The van der Waals surface area contributed by atoms with Crippen molar-refractivity contribution in [3.05, 3.63) is 71.0 Å². The van der Waals surface area contributed by atoms with Gasteiger partial charge < -0.3 is 24.8 Å². The first-order valence-electron chi connectivity index (χ1n) is 9.58. The number of anilines is 2. The molecule has 1 aliphatic heterocycles. The van der Waals surface area contributed by atoms with E-state index < -0.39 is 0 Å². The van der Waals surface area contributed by atoms with E-state index in [1.54, 1.807) is 49.4 Å². The van der Waals surface area contributed by atoms with Gasteiger partial charge in [0.2, 0.25) is 6.79 Å². The molecule has 2 N–H and O–H groups in total. The summed E-state index contributed by atoms with van der Waals surface area (Å²) >= 11 is 0. The molecule has 158 valence electrons. The number of hydrogen-bond donors (Lipinski definition) is 2. The maximum atomic E-state index is 12.8. The average Bonchev–Trinajstić information content (AvgIpc) is 3.23. The molecule has 0 unspecified atom stereocenters. The molecule has 31 heavy (non-hydrogen) atoms. The summed E-state index contributed by atoms with van der Waals surface area (Å²) in [6.07, 6.45) is 1.51. The molecular formula is C23H21N3O5. The van der Waals surface area contributed by atoms with Gasteiger partial charge in [-0.2, -0.15) is 0 Å². The number of fused-ring (bicyclic) bond motifs is 1. The van der Waals surface area contributed by atoms with E-state index in [1.165, 1.54) is 13.3 Å². The molecule has 3 aromatic rings. The van der Waals surface area contributed by atoms with E-state index in [1.807, 2.05) is 6.92 Å². The zero-order chi connectivity index (χ0) is 22.0. The smallest absolute Gasteiger partial charge is 0.259 e. The monoisotopic (exact) mass is 419 g/mol. The Balaban J connectivity index is 1.54. The molecule has 0 radical (unpaired) electrons. The van der Waals surface area contributed by atoms with Gasteiger partial charge in [0.15, 0.2) is 11.5 Å². The second-order valence-electron chi connectivity index (χ2n) is 7.03. The number of aromatic nitrogens is 1. The number of carbonyl (C=O) groups is 2. The van der Waals surface area contributed by atoms with E-state index in [0.29, 0.717) is 45.4 Å². The highest BCUT2D eigenvalue weighted by molar-refractivity contribution is 6.08. The van der Waals surface area contributed by atoms with Gasteiger partial charge in [-0.05, 0) is 49.7 Å². The summed E-state index contributed by atoms with van der Waals surface area (Å²) in [7, 11) is 1.48. The molecule has 0 saturated carbocycles. The van der Waals surface area contributed by atoms with E-state index in [0.717, 1.165) is 5.56 Å². The van der Waals surface area contributed by atoms with Crippen LogP contribution in [0.3, 0.4) is 0 Å². The molecule has 0 fully saturated rings. The molecule has 8 heteroatoms. The molecule has 0 atom stereocenters. The molecule has 2 amide bonds. The molecule has 2 heterocycles. The SMILES string of the molecule is COc1cnc(C)cc1C(=O)Nc1cc(C(=O)Nc2ccc3c(c2)OCO3)ccc1C. The van der Waals surface area contributed by atoms with Gasteiger partial charge in [-0.1, -0.05) is 6.07 Å². The van der Waals surface area contributed by atoms with Crippen molar-refractivity contribution in [1.82, 2.24) is 4.98 Å². The van der Waals surface area contributed by atoms with Gasteiger partial charge in [0.25, 0.3) is 11.8 Å². The van der Waals surface area contributed by atoms with Crippen LogP contribution in [0.5, 0.6) is 17.2 Å². The molecule has 2 aromatic carbocycles. The molecule has 0 aliphatic carbocycles. The highest BCUT2D eigenvalue weighted by Crippen LogP contribution is 2.34. The Morgan fingerprint density at radius 1 is 0.968 bits per heavy atom. The minimum Gasteiger partial charge on any atom is -0.494 e. The van der Waals surface area contributed by atoms with Crippen LogP contribution in [-0.4, -0.2) is 30.7 Å². The number of methoxy groups -OCH3 is 1. The Morgan fingerprint density at radius 3 is 2.58 bits per heavy atom. The van der Waals surface area contributed by atoms with Gasteiger partial charge >= 0.3 is 0 Å². The minimum absolute atomic E-state index is 0.162. The largest absolute Gasteiger partial charge is 0.494 e. The molecular weight excluding hydrogens is 398 g/mol. The Hall–Kier alpha value is -4.07. The van der Waals surface area contributed by atoms with Crippen molar-refractivity contribution in [2.45, 2.75) is 13.8 Å². The Kier molecular flexibility index (Phi) is 5.44. The fraction of sp³-hybridized carbons (Fsp3) is 0.174. The Morgan fingerprint density at radius 2 is 1.77 bits per heavy atom. The summed E-state index contributed by atoms with van der Waals surface area (Å²) in [6.45, 7) is 3.81. The fourth-order valence-corrected chi connectivity index (χ4v) is 3.15. The van der Waals surface area contributed by atoms with Gasteiger partial charge in [0, 0.05) is 28.7 Å². The third-order valence-electron chi connectivity index (χ3n) is 4.85. The first-order chi connectivity index (χ1) is 14.9. The quantitative estimate of drug-likeness (QED) is 0.650. The third kappa shape index (κ3) is 4.28. The van der Waals surface area contributed by atoms with Crippen LogP contribution in [0, 0.1) is 13.8 Å². The Labute approximate surface area is 179 Å². The van der Waals surface area contributed by atoms with E-state index in [2.05, 4.69) is 15.6 Å². The van der Waals surface area contributed by atoms with Crippen molar-refractivity contribution >= 4 is 23.2 Å². The lowest BCUT2D eigenvalue weighted by Crippen LogP contribution is -2.16. The lowest BCUT2D eigenvalue weighted by atomic mass is 10.1. The molecule has 1 aromatic heterocycles. The van der Waals surface area contributed by atoms with E-state index in [4.69, 9.17) is 14.2 Å². The number of benzene rings is 2. The summed E-state index contributed by atoms with van der Waals surface area (Å²) < 4.78 is 15.9. The van der Waals surface area contributed by atoms with Crippen LogP contribution in [0.15, 0.2) is 48.7 Å². The number of pyridine rings is 1. The zero-order valence-electron chi connectivity index (χ0n) is 17.3. The number of amides is 2. The second-order valence-corrected chi connectivity index (χ2v) is 7.03. The number of hydrogen-bond acceptors (Lipinski definition) is 6. The van der Waals surface area contributed by atoms with Gasteiger partial charge in [0.1, 0.15) is 5.75 Å². The summed E-state index contributed by atoms with van der Waals surface area (Å²) in [5.41, 5.74) is 3.38. The van der Waals surface area contributed by atoms with Crippen LogP contribution in [0.1, 0.15) is 32.0 Å². The van der Waals surface area contributed by atoms with Crippen LogP contribution in [0.4, 0.5) is 11.4 Å². The van der Waals surface area contributed by atoms with Gasteiger partial charge in [-0.3, -0.25) is 14.6 Å². The lowest BCUT2D eigenvalue weighted by molar-refractivity contribution is 0.101. The van der Waals surface area contributed by atoms with Crippen molar-refractivity contribution in [1.29, 1.82) is 0 Å². The summed E-state index contributed by atoms with van der Waals surface area (Å²) in [5.74, 6) is 0.930. The predicted octanol–water partition coefficient (Wildman–Crippen LogP) is 3.94. The molecule has 0 spiro atoms. The topological polar surface area (TPSA) is 98.8 Å². The number of ether oxygens (including phenoxy) is 3. The van der Waals surface area contributed by atoms with Crippen LogP contribution in [0.25, 0.3) is 0 Å². The van der Waals surface area contributed by atoms with Gasteiger partial charge in [-0.25, -0.2) is 0 Å². The first-order valence-corrected chi connectivity index (χ1v) is 9.58. The van der Waals surface area contributed by atoms with Crippen LogP contribution < -0.4 is 24.8 Å². The van der Waals surface area contributed by atoms with E-state index >= 15 is 0 Å². The normalized spacial score (nSPS) is 11.7. The molecule has 8 nitrogen and oxygen atoms in total. The van der Waals surface area contributed by atoms with Crippen molar-refractivity contribution in [3.63, 3.8) is 0 Å². The first kappa shape index (κ1) is 20.2. The Bertz CT molecular complexity index is 1180. The highest BCUT2D eigenvalue weighted by Gasteiger charge is 2.17. The number of rotatable bonds is 5. The molecule has 0 saturated heterocycles. The maximum absolute atomic E-state index is 12.8. The zero-order valence-corrected chi connectivity index (χ0v) is 17.3. The minimum atomic E-state index is -0.348. The van der Waals surface area contributed by atoms with Crippen molar-refractivity contribution < 1.29 is 23.8 Å². The fourth-order valence-electron chi connectivity index (χ4n) is 3.15. The standard InChI is InChI=1S/C23H21N3O5/c1-13-4-5-15(22(27)25-16-6-7-19-20(10-16)31-12-30-19)9-18(13)26-23(28)17-8-14(2)24-11-21(17)29-3/h4-11H,12H2,1-3H3,(H,25,27)(H,26,28). The summed E-state index contributed by atoms with van der Waals surface area (Å²) in [6, 6.07) is 11.9. The summed E-state index contributed by atoms with van der Waals surface area (Å²) in [5, 5.41) is 5.69. The van der Waals surface area contributed by atoms with Crippen LogP contribution in [-0.2, 0) is 0 Å². The van der Waals surface area contributed by atoms with Crippen molar-refractivity contribution in [2.75, 3.05) is 24.5 Å².